The van der Waals surface area contributed by atoms with Crippen LogP contribution in [0.5, 0.6) is 0 Å². The molecule has 0 spiro atoms. The maximum absolute atomic E-state index is 11.3. The quantitative estimate of drug-likeness (QED) is 0.796. The van der Waals surface area contributed by atoms with Gasteiger partial charge in [-0.05, 0) is 30.9 Å². The van der Waals surface area contributed by atoms with Crippen LogP contribution >= 0.6 is 0 Å². The first-order valence-corrected chi connectivity index (χ1v) is 6.54. The number of para-hydroxylation sites is 1. The fourth-order valence-electron chi connectivity index (χ4n) is 2.66. The molecule has 2 nitrogen and oxygen atoms in total. The summed E-state index contributed by atoms with van der Waals surface area (Å²) >= 11 is 0. The number of anilines is 1. The Kier molecular flexibility index (Phi) is 3.82. The number of benzene rings is 1. The Hall–Kier alpha value is -1.31. The molecular formula is C15H21NO. The molecule has 1 aliphatic rings. The third-order valence-electron chi connectivity index (χ3n) is 3.81. The zero-order valence-corrected chi connectivity index (χ0v) is 10.8. The summed E-state index contributed by atoms with van der Waals surface area (Å²) in [5.74, 6) is 0.429. The van der Waals surface area contributed by atoms with Gasteiger partial charge in [-0.3, -0.25) is 4.79 Å². The van der Waals surface area contributed by atoms with Crippen molar-refractivity contribution < 1.29 is 4.79 Å². The van der Waals surface area contributed by atoms with Crippen LogP contribution in [0.3, 0.4) is 0 Å². The Morgan fingerprint density at radius 1 is 1.24 bits per heavy atom. The molecule has 1 aliphatic carbocycles. The minimum atomic E-state index is 0.429. The number of nitrogens with zero attached hydrogens (tertiary/aromatic N) is 1. The Labute approximate surface area is 104 Å². The third-order valence-corrected chi connectivity index (χ3v) is 3.81. The first kappa shape index (κ1) is 12.2. The molecule has 0 heterocycles. The van der Waals surface area contributed by atoms with Crippen molar-refractivity contribution in [3.8, 4) is 0 Å². The second kappa shape index (κ2) is 5.35. The van der Waals surface area contributed by atoms with Crippen LogP contribution in [0.4, 0.5) is 5.69 Å². The first-order valence-electron chi connectivity index (χ1n) is 6.54. The van der Waals surface area contributed by atoms with Gasteiger partial charge in [0.2, 0.25) is 0 Å². The van der Waals surface area contributed by atoms with Gasteiger partial charge in [-0.25, -0.2) is 0 Å². The molecule has 1 aromatic carbocycles. The molecule has 0 N–H and O–H groups in total. The Balaban J connectivity index is 2.13. The zero-order valence-electron chi connectivity index (χ0n) is 10.8. The molecule has 2 rings (SSSR count). The summed E-state index contributed by atoms with van der Waals surface area (Å²) < 4.78 is 0. The SMILES string of the molecule is CCc1ccccc1N(C)C1CCC(=O)CC1. The summed E-state index contributed by atoms with van der Waals surface area (Å²) in [6.45, 7) is 2.19. The van der Waals surface area contributed by atoms with Crippen molar-refractivity contribution in [1.82, 2.24) is 0 Å². The molecule has 0 saturated heterocycles. The number of carbonyl (C=O) groups excluding carboxylic acids is 1. The van der Waals surface area contributed by atoms with E-state index in [0.29, 0.717) is 11.8 Å². The van der Waals surface area contributed by atoms with Gasteiger partial charge in [0.25, 0.3) is 0 Å². The van der Waals surface area contributed by atoms with Crippen molar-refractivity contribution in [1.29, 1.82) is 0 Å². The molecule has 0 bridgehead atoms. The fourth-order valence-corrected chi connectivity index (χ4v) is 2.66. The number of hydrogen-bond donors (Lipinski definition) is 0. The van der Waals surface area contributed by atoms with E-state index in [1.165, 1.54) is 11.3 Å². The molecule has 0 amide bonds. The Morgan fingerprint density at radius 3 is 2.53 bits per heavy atom. The average molecular weight is 231 g/mol. The second-order valence-electron chi connectivity index (χ2n) is 4.86. The maximum atomic E-state index is 11.3. The number of aryl methyl sites for hydroxylation is 1. The van der Waals surface area contributed by atoms with Crippen LogP contribution in [-0.2, 0) is 11.2 Å². The highest BCUT2D eigenvalue weighted by molar-refractivity contribution is 5.79. The zero-order chi connectivity index (χ0) is 12.3. The summed E-state index contributed by atoms with van der Waals surface area (Å²) in [5.41, 5.74) is 2.72. The smallest absolute Gasteiger partial charge is 0.133 e. The van der Waals surface area contributed by atoms with Crippen LogP contribution in [0.25, 0.3) is 0 Å². The van der Waals surface area contributed by atoms with Gasteiger partial charge in [-0.1, -0.05) is 25.1 Å². The van der Waals surface area contributed by atoms with Crippen LogP contribution in [0, 0.1) is 0 Å². The summed E-state index contributed by atoms with van der Waals surface area (Å²) in [7, 11) is 2.16. The van der Waals surface area contributed by atoms with E-state index in [-0.39, 0.29) is 0 Å². The van der Waals surface area contributed by atoms with E-state index in [0.717, 1.165) is 32.1 Å². The van der Waals surface area contributed by atoms with Crippen molar-refractivity contribution in [3.63, 3.8) is 0 Å². The highest BCUT2D eigenvalue weighted by Gasteiger charge is 2.23. The highest BCUT2D eigenvalue weighted by atomic mass is 16.1. The second-order valence-corrected chi connectivity index (χ2v) is 4.86. The van der Waals surface area contributed by atoms with Gasteiger partial charge in [0.05, 0.1) is 0 Å². The Bertz CT molecular complexity index is 390. The van der Waals surface area contributed by atoms with Gasteiger partial charge in [0, 0.05) is 31.6 Å². The van der Waals surface area contributed by atoms with E-state index >= 15 is 0 Å². The van der Waals surface area contributed by atoms with Gasteiger partial charge in [0.1, 0.15) is 5.78 Å². The predicted molar refractivity (Wildman–Crippen MR) is 71.5 cm³/mol. The van der Waals surface area contributed by atoms with Gasteiger partial charge in [-0.2, -0.15) is 0 Å². The number of carbonyl (C=O) groups is 1. The topological polar surface area (TPSA) is 20.3 Å². The molecule has 1 aromatic rings. The van der Waals surface area contributed by atoms with Gasteiger partial charge in [-0.15, -0.1) is 0 Å². The lowest BCUT2D eigenvalue weighted by Crippen LogP contribution is -2.35. The van der Waals surface area contributed by atoms with Crippen LogP contribution < -0.4 is 4.90 Å². The molecule has 1 saturated carbocycles. The van der Waals surface area contributed by atoms with Crippen molar-refractivity contribution in [3.05, 3.63) is 29.8 Å². The van der Waals surface area contributed by atoms with Gasteiger partial charge in [0.15, 0.2) is 0 Å². The molecule has 1 fully saturated rings. The first-order chi connectivity index (χ1) is 8.22. The summed E-state index contributed by atoms with van der Waals surface area (Å²) in [5, 5.41) is 0. The van der Waals surface area contributed by atoms with Gasteiger partial charge < -0.3 is 4.90 Å². The molecule has 0 unspecified atom stereocenters. The predicted octanol–water partition coefficient (Wildman–Crippen LogP) is 3.20. The highest BCUT2D eigenvalue weighted by Crippen LogP contribution is 2.27. The molecule has 0 atom stereocenters. The van der Waals surface area contributed by atoms with Crippen molar-refractivity contribution in [2.75, 3.05) is 11.9 Å². The lowest BCUT2D eigenvalue weighted by Gasteiger charge is -2.33. The molecule has 0 aliphatic heterocycles. The molecular weight excluding hydrogens is 210 g/mol. The molecule has 0 aromatic heterocycles. The van der Waals surface area contributed by atoms with Crippen LogP contribution in [-0.4, -0.2) is 18.9 Å². The van der Waals surface area contributed by atoms with Crippen molar-refractivity contribution in [2.24, 2.45) is 0 Å². The standard InChI is InChI=1S/C15H21NO/c1-3-12-6-4-5-7-15(12)16(2)13-8-10-14(17)11-9-13/h4-7,13H,3,8-11H2,1-2H3. The van der Waals surface area contributed by atoms with Crippen molar-refractivity contribution in [2.45, 2.75) is 45.1 Å². The maximum Gasteiger partial charge on any atom is 0.133 e. The van der Waals surface area contributed by atoms with E-state index in [9.17, 15) is 4.79 Å². The summed E-state index contributed by atoms with van der Waals surface area (Å²) in [6, 6.07) is 9.11. The minimum absolute atomic E-state index is 0.429. The lowest BCUT2D eigenvalue weighted by molar-refractivity contribution is -0.120. The fraction of sp³-hybridized carbons (Fsp3) is 0.533. The molecule has 92 valence electrons. The van der Waals surface area contributed by atoms with Crippen LogP contribution in [0.1, 0.15) is 38.2 Å². The van der Waals surface area contributed by atoms with E-state index < -0.39 is 0 Å². The van der Waals surface area contributed by atoms with Crippen LogP contribution in [0.15, 0.2) is 24.3 Å². The van der Waals surface area contributed by atoms with E-state index in [4.69, 9.17) is 0 Å². The van der Waals surface area contributed by atoms with E-state index in [1.807, 2.05) is 0 Å². The van der Waals surface area contributed by atoms with Gasteiger partial charge >= 0.3 is 0 Å². The normalized spacial score (nSPS) is 17.2. The van der Waals surface area contributed by atoms with E-state index in [2.05, 4.69) is 43.1 Å². The largest absolute Gasteiger partial charge is 0.371 e. The molecule has 0 radical (unpaired) electrons. The number of Topliss-reactive ketones (excluding diaryl/α,β-unsaturated/α-hetero) is 1. The third kappa shape index (κ3) is 2.68. The minimum Gasteiger partial charge on any atom is -0.371 e. The monoisotopic (exact) mass is 231 g/mol. The number of hydrogen-bond acceptors (Lipinski definition) is 2. The number of rotatable bonds is 3. The summed E-state index contributed by atoms with van der Waals surface area (Å²) in [6.07, 6.45) is 4.58. The number of ketones is 1. The average Bonchev–Trinajstić information content (AvgIpc) is 2.39. The lowest BCUT2D eigenvalue weighted by atomic mass is 9.92. The van der Waals surface area contributed by atoms with E-state index in [1.54, 1.807) is 0 Å². The van der Waals surface area contributed by atoms with Crippen LogP contribution in [0.2, 0.25) is 0 Å². The van der Waals surface area contributed by atoms with Crippen molar-refractivity contribution >= 4 is 11.5 Å². The Morgan fingerprint density at radius 2 is 1.88 bits per heavy atom. The molecule has 17 heavy (non-hydrogen) atoms. The molecule has 2 heteroatoms. The summed E-state index contributed by atoms with van der Waals surface area (Å²) in [4.78, 5) is 13.6.